The molecule has 3 aromatic rings. The minimum Gasteiger partial charge on any atom is -0.462 e. The van der Waals surface area contributed by atoms with Crippen LogP contribution in [0.25, 0.3) is 0 Å². The van der Waals surface area contributed by atoms with Gasteiger partial charge in [-0.25, -0.2) is 28.8 Å². The van der Waals surface area contributed by atoms with Gasteiger partial charge in [0.15, 0.2) is 0 Å². The maximum atomic E-state index is 12.0. The van der Waals surface area contributed by atoms with Crippen molar-refractivity contribution in [1.82, 2.24) is 0 Å². The molecule has 0 aromatic heterocycles. The summed E-state index contributed by atoms with van der Waals surface area (Å²) in [7, 11) is 0. The Bertz CT molecular complexity index is 1850. The van der Waals surface area contributed by atoms with E-state index in [1.807, 2.05) is 0 Å². The molecule has 3 saturated carbocycles. The van der Waals surface area contributed by atoms with Gasteiger partial charge in [-0.3, -0.25) is 0 Å². The number of carbonyl (C=O) groups is 6. The van der Waals surface area contributed by atoms with Gasteiger partial charge in [0.2, 0.25) is 0 Å². The average Bonchev–Trinajstić information content (AvgIpc) is 4.06. The summed E-state index contributed by atoms with van der Waals surface area (Å²) in [5.41, 5.74) is 2.11. The molecule has 0 radical (unpaired) electrons. The van der Waals surface area contributed by atoms with Gasteiger partial charge >= 0.3 is 35.8 Å². The summed E-state index contributed by atoms with van der Waals surface area (Å²) in [6, 6.07) is 19.3. The van der Waals surface area contributed by atoms with E-state index in [-0.39, 0.29) is 55.2 Å². The van der Waals surface area contributed by atoms with Gasteiger partial charge in [0.25, 0.3) is 0 Å². The van der Waals surface area contributed by atoms with E-state index < -0.39 is 29.8 Å². The van der Waals surface area contributed by atoms with Gasteiger partial charge in [-0.1, -0.05) is 18.2 Å². The molecule has 318 valence electrons. The Morgan fingerprint density at radius 3 is 1.02 bits per heavy atom. The quantitative estimate of drug-likeness (QED) is 0.0894. The van der Waals surface area contributed by atoms with Gasteiger partial charge in [-0.15, -0.1) is 0 Å². The highest BCUT2D eigenvalue weighted by atomic mass is 16.6. The molecule has 3 aromatic carbocycles. The van der Waals surface area contributed by atoms with Gasteiger partial charge in [0, 0.05) is 0 Å². The maximum absolute atomic E-state index is 12.0. The lowest BCUT2D eigenvalue weighted by atomic mass is 10.1. The van der Waals surface area contributed by atoms with Crippen LogP contribution >= 0.6 is 0 Å². The Morgan fingerprint density at radius 2 is 0.683 bits per heavy atom. The number of esters is 6. The van der Waals surface area contributed by atoms with E-state index in [0.29, 0.717) is 79.6 Å². The summed E-state index contributed by atoms with van der Waals surface area (Å²) in [5, 5.41) is 0. The van der Waals surface area contributed by atoms with E-state index in [2.05, 4.69) is 0 Å². The highest BCUT2D eigenvalue weighted by Crippen LogP contribution is 2.30. The molecule has 15 nitrogen and oxygen atoms in total. The number of hydrogen-bond acceptors (Lipinski definition) is 15. The minimum absolute atomic E-state index is 0.00734. The third kappa shape index (κ3) is 14.6. The molecule has 6 aliphatic rings. The molecule has 0 bridgehead atoms. The SMILES string of the molecule is O=C(OCC1CC1)c1ccc(C(=O)OCC2CO2)cc1.O=C(OCC1CC1)c1cccc(C(=O)OCC2CO2)c1.O=C(OCC1CC1)c1ccccc1C(=O)OCC1CO1. The lowest BCUT2D eigenvalue weighted by molar-refractivity contribution is 0.0434. The monoisotopic (exact) mass is 828 g/mol. The Kier molecular flexibility index (Phi) is 14.6. The number of ether oxygens (including phenoxy) is 9. The first-order valence-electron chi connectivity index (χ1n) is 20.3. The highest BCUT2D eigenvalue weighted by Gasteiger charge is 2.29. The Hall–Kier alpha value is -5.64. The van der Waals surface area contributed by atoms with Crippen LogP contribution in [0.4, 0.5) is 0 Å². The van der Waals surface area contributed by atoms with Crippen molar-refractivity contribution in [3.8, 4) is 0 Å². The molecule has 3 aliphatic heterocycles. The minimum atomic E-state index is -0.514. The normalized spacial score (nSPS) is 20.3. The fraction of sp³-hybridized carbons (Fsp3) is 0.467. The number of hydrogen-bond donors (Lipinski definition) is 0. The second-order valence-corrected chi connectivity index (χ2v) is 15.5. The molecule has 3 aliphatic carbocycles. The van der Waals surface area contributed by atoms with Crippen LogP contribution in [0.5, 0.6) is 0 Å². The fourth-order valence-electron chi connectivity index (χ4n) is 5.28. The van der Waals surface area contributed by atoms with Crippen molar-refractivity contribution in [2.24, 2.45) is 17.8 Å². The first-order chi connectivity index (χ1) is 29.2. The molecular weight excluding hydrogens is 780 g/mol. The molecule has 3 heterocycles. The zero-order valence-corrected chi connectivity index (χ0v) is 33.1. The van der Waals surface area contributed by atoms with Gasteiger partial charge in [0.1, 0.15) is 38.1 Å². The summed E-state index contributed by atoms with van der Waals surface area (Å²) in [4.78, 5) is 71.0. The standard InChI is InChI=1S/3C15H16O5/c16-14(19-7-10-1-2-10)11-3-5-12(6-4-11)15(17)20-9-13-8-18-13;16-14(19-7-10-4-5-10)11-2-1-3-12(6-11)15(17)20-9-13-8-18-13;16-14(19-7-10-5-6-10)12-3-1-2-4-13(12)15(17)20-9-11-8-18-11/h3-6,10,13H,1-2,7-9H2;1-3,6,10,13H,4-5,7-9H2;1-4,10-11H,5-9H2. The summed E-state index contributed by atoms with van der Waals surface area (Å²) < 4.78 is 45.7. The van der Waals surface area contributed by atoms with Gasteiger partial charge in [0.05, 0.1) is 73.0 Å². The molecular formula is C45H48O15. The molecule has 0 spiro atoms. The molecule has 0 amide bonds. The topological polar surface area (TPSA) is 195 Å². The van der Waals surface area contributed by atoms with E-state index in [4.69, 9.17) is 42.6 Å². The predicted octanol–water partition coefficient (Wildman–Crippen LogP) is 5.43. The highest BCUT2D eigenvalue weighted by molar-refractivity contribution is 6.03. The van der Waals surface area contributed by atoms with Crippen LogP contribution in [0, 0.1) is 17.8 Å². The summed E-state index contributed by atoms with van der Waals surface area (Å²) >= 11 is 0. The number of epoxide rings is 3. The van der Waals surface area contributed by atoms with Gasteiger partial charge < -0.3 is 42.6 Å². The molecule has 0 N–H and O–H groups in total. The largest absolute Gasteiger partial charge is 0.462 e. The Labute approximate surface area is 346 Å². The van der Waals surface area contributed by atoms with Crippen LogP contribution in [0.1, 0.15) is 101 Å². The molecule has 6 fully saturated rings. The van der Waals surface area contributed by atoms with Crippen molar-refractivity contribution in [2.75, 3.05) is 59.5 Å². The van der Waals surface area contributed by atoms with E-state index in [9.17, 15) is 28.8 Å². The smallest absolute Gasteiger partial charge is 0.339 e. The second-order valence-electron chi connectivity index (χ2n) is 15.5. The molecule has 3 saturated heterocycles. The Balaban J connectivity index is 0.000000136. The first kappa shape index (κ1) is 42.5. The molecule has 15 heteroatoms. The van der Waals surface area contributed by atoms with E-state index >= 15 is 0 Å². The van der Waals surface area contributed by atoms with Crippen LogP contribution < -0.4 is 0 Å². The first-order valence-corrected chi connectivity index (χ1v) is 20.3. The summed E-state index contributed by atoms with van der Waals surface area (Å²) in [5.74, 6) is -1.02. The van der Waals surface area contributed by atoms with Crippen molar-refractivity contribution >= 4 is 35.8 Å². The van der Waals surface area contributed by atoms with Crippen molar-refractivity contribution in [2.45, 2.75) is 56.8 Å². The zero-order valence-electron chi connectivity index (χ0n) is 33.1. The second kappa shape index (κ2) is 20.6. The third-order valence-electron chi connectivity index (χ3n) is 9.91. The predicted molar refractivity (Wildman–Crippen MR) is 208 cm³/mol. The van der Waals surface area contributed by atoms with Crippen LogP contribution in [0.15, 0.2) is 72.8 Å². The van der Waals surface area contributed by atoms with Crippen molar-refractivity contribution in [1.29, 1.82) is 0 Å². The molecule has 3 unspecified atom stereocenters. The fourth-order valence-corrected chi connectivity index (χ4v) is 5.28. The third-order valence-corrected chi connectivity index (χ3v) is 9.91. The van der Waals surface area contributed by atoms with Crippen LogP contribution in [-0.4, -0.2) is 114 Å². The van der Waals surface area contributed by atoms with Crippen LogP contribution in [0.3, 0.4) is 0 Å². The zero-order chi connectivity index (χ0) is 41.8. The lowest BCUT2D eigenvalue weighted by Crippen LogP contribution is -2.16. The van der Waals surface area contributed by atoms with Crippen LogP contribution in [-0.2, 0) is 42.6 Å². The van der Waals surface area contributed by atoms with Gasteiger partial charge in [-0.2, -0.15) is 0 Å². The van der Waals surface area contributed by atoms with Crippen molar-refractivity contribution in [3.63, 3.8) is 0 Å². The van der Waals surface area contributed by atoms with Crippen LogP contribution in [0.2, 0.25) is 0 Å². The number of benzene rings is 3. The van der Waals surface area contributed by atoms with E-state index in [0.717, 1.165) is 38.5 Å². The van der Waals surface area contributed by atoms with E-state index in [1.54, 1.807) is 66.7 Å². The summed E-state index contributed by atoms with van der Waals surface area (Å²) in [6.45, 7) is 4.07. The average molecular weight is 829 g/mol. The molecule has 3 atom stereocenters. The van der Waals surface area contributed by atoms with E-state index in [1.165, 1.54) is 6.07 Å². The lowest BCUT2D eigenvalue weighted by Gasteiger charge is -2.09. The molecule has 60 heavy (non-hydrogen) atoms. The maximum Gasteiger partial charge on any atom is 0.339 e. The number of carbonyl (C=O) groups excluding carboxylic acids is 6. The molecule has 9 rings (SSSR count). The van der Waals surface area contributed by atoms with Crippen molar-refractivity contribution < 1.29 is 71.4 Å². The summed E-state index contributed by atoms with van der Waals surface area (Å²) in [6.07, 6.45) is 6.85. The number of rotatable bonds is 18. The van der Waals surface area contributed by atoms with Gasteiger partial charge in [-0.05, 0) is 111 Å². The Morgan fingerprint density at radius 1 is 0.383 bits per heavy atom. The van der Waals surface area contributed by atoms with Crippen molar-refractivity contribution in [3.05, 3.63) is 106 Å².